The fourth-order valence-corrected chi connectivity index (χ4v) is 1.24. The van der Waals surface area contributed by atoms with Gasteiger partial charge in [0.2, 0.25) is 0 Å². The van der Waals surface area contributed by atoms with Crippen LogP contribution in [0.2, 0.25) is 5.02 Å². The van der Waals surface area contributed by atoms with Gasteiger partial charge in [0.1, 0.15) is 5.75 Å². The second kappa shape index (κ2) is 4.28. The van der Waals surface area contributed by atoms with Crippen molar-refractivity contribution in [2.45, 2.75) is 19.4 Å². The summed E-state index contributed by atoms with van der Waals surface area (Å²) in [6.45, 7) is 1.33. The van der Waals surface area contributed by atoms with E-state index >= 15 is 0 Å². The summed E-state index contributed by atoms with van der Waals surface area (Å²) in [4.78, 5) is 0. The zero-order chi connectivity index (χ0) is 11.6. The zero-order valence-electron chi connectivity index (χ0n) is 7.68. The monoisotopic (exact) mass is 240 g/mol. The summed E-state index contributed by atoms with van der Waals surface area (Å²) in [7, 11) is 0. The Balaban J connectivity index is 3.06. The number of hydrogen-bond donors (Lipinski definition) is 1. The minimum Gasteiger partial charge on any atom is -0.405 e. The second-order valence-corrected chi connectivity index (χ2v) is 3.34. The molecule has 0 saturated carbocycles. The molecule has 0 heterocycles. The number of ether oxygens (including phenoxy) is 1. The molecule has 1 aromatic rings. The molecule has 0 bridgehead atoms. The highest BCUT2D eigenvalue weighted by molar-refractivity contribution is 6.30. The first-order chi connectivity index (χ1) is 6.79. The van der Waals surface area contributed by atoms with Gasteiger partial charge in [0.15, 0.2) is 0 Å². The smallest absolute Gasteiger partial charge is 0.405 e. The van der Waals surface area contributed by atoms with Gasteiger partial charge in [-0.05, 0) is 25.1 Å². The minimum atomic E-state index is -4.78. The van der Waals surface area contributed by atoms with Crippen LogP contribution in [0.4, 0.5) is 13.2 Å². The Kier molecular flexibility index (Phi) is 3.46. The highest BCUT2D eigenvalue weighted by Gasteiger charge is 2.32. The number of aliphatic hydroxyl groups is 1. The summed E-state index contributed by atoms with van der Waals surface area (Å²) >= 11 is 5.58. The maximum absolute atomic E-state index is 11.9. The van der Waals surface area contributed by atoms with Gasteiger partial charge in [0.05, 0.1) is 6.10 Å². The van der Waals surface area contributed by atoms with Crippen molar-refractivity contribution in [2.24, 2.45) is 0 Å². The van der Waals surface area contributed by atoms with Crippen molar-refractivity contribution in [2.75, 3.05) is 0 Å². The molecule has 0 aliphatic rings. The summed E-state index contributed by atoms with van der Waals surface area (Å²) in [5.74, 6) is -0.443. The molecule has 1 N–H and O–H groups in total. The van der Waals surface area contributed by atoms with Crippen LogP contribution in [0.3, 0.4) is 0 Å². The van der Waals surface area contributed by atoms with E-state index in [0.717, 1.165) is 6.07 Å². The fraction of sp³-hybridized carbons (Fsp3) is 0.333. The molecule has 0 aromatic heterocycles. The summed E-state index contributed by atoms with van der Waals surface area (Å²) in [5, 5.41) is 9.46. The van der Waals surface area contributed by atoms with E-state index in [2.05, 4.69) is 4.74 Å². The molecule has 0 aliphatic carbocycles. The molecular formula is C9H8ClF3O2. The van der Waals surface area contributed by atoms with Gasteiger partial charge < -0.3 is 9.84 Å². The summed E-state index contributed by atoms with van der Waals surface area (Å²) in [6.07, 6.45) is -5.86. The van der Waals surface area contributed by atoms with Crippen LogP contribution < -0.4 is 4.74 Å². The van der Waals surface area contributed by atoms with E-state index in [1.54, 1.807) is 0 Å². The van der Waals surface area contributed by atoms with Crippen molar-refractivity contribution in [1.82, 2.24) is 0 Å². The van der Waals surface area contributed by atoms with Crippen molar-refractivity contribution in [3.8, 4) is 5.75 Å². The lowest BCUT2D eigenvalue weighted by atomic mass is 10.1. The van der Waals surface area contributed by atoms with Crippen LogP contribution in [0, 0.1) is 0 Å². The Morgan fingerprint density at radius 3 is 2.47 bits per heavy atom. The van der Waals surface area contributed by atoms with Crippen LogP contribution in [0.15, 0.2) is 18.2 Å². The van der Waals surface area contributed by atoms with Gasteiger partial charge in [0, 0.05) is 10.6 Å². The van der Waals surface area contributed by atoms with Crippen LogP contribution >= 0.6 is 11.6 Å². The van der Waals surface area contributed by atoms with Crippen LogP contribution in [0.1, 0.15) is 18.6 Å². The molecule has 1 aromatic carbocycles. The van der Waals surface area contributed by atoms with Gasteiger partial charge in [0.25, 0.3) is 0 Å². The van der Waals surface area contributed by atoms with Gasteiger partial charge in [-0.25, -0.2) is 0 Å². The maximum atomic E-state index is 11.9. The standard InChI is InChI=1S/C9H8ClF3O2/c1-5(14)7-4-6(10)2-3-8(7)15-9(11,12)13/h2-5,14H,1H3. The molecule has 1 atom stereocenters. The predicted octanol–water partition coefficient (Wildman–Crippen LogP) is 3.29. The molecular weight excluding hydrogens is 233 g/mol. The maximum Gasteiger partial charge on any atom is 0.573 e. The van der Waals surface area contributed by atoms with E-state index in [-0.39, 0.29) is 10.6 Å². The summed E-state index contributed by atoms with van der Waals surface area (Å²) < 4.78 is 39.6. The van der Waals surface area contributed by atoms with Gasteiger partial charge in [-0.2, -0.15) is 0 Å². The van der Waals surface area contributed by atoms with Crippen molar-refractivity contribution in [3.63, 3.8) is 0 Å². The quantitative estimate of drug-likeness (QED) is 0.860. The Bertz CT molecular complexity index is 350. The van der Waals surface area contributed by atoms with Gasteiger partial charge in [-0.15, -0.1) is 13.2 Å². The van der Waals surface area contributed by atoms with Gasteiger partial charge in [-0.1, -0.05) is 11.6 Å². The third kappa shape index (κ3) is 3.60. The van der Waals surface area contributed by atoms with Gasteiger partial charge in [-0.3, -0.25) is 0 Å². The van der Waals surface area contributed by atoms with Crippen molar-refractivity contribution < 1.29 is 23.0 Å². The largest absolute Gasteiger partial charge is 0.573 e. The third-order valence-corrected chi connectivity index (χ3v) is 1.88. The predicted molar refractivity (Wildman–Crippen MR) is 48.8 cm³/mol. The van der Waals surface area contributed by atoms with Crippen LogP contribution in [0.25, 0.3) is 0 Å². The molecule has 2 nitrogen and oxygen atoms in total. The van der Waals surface area contributed by atoms with E-state index in [0.29, 0.717) is 0 Å². The van der Waals surface area contributed by atoms with Crippen LogP contribution in [0.5, 0.6) is 5.75 Å². The first kappa shape index (κ1) is 12.1. The lowest BCUT2D eigenvalue weighted by molar-refractivity contribution is -0.275. The first-order valence-electron chi connectivity index (χ1n) is 4.03. The topological polar surface area (TPSA) is 29.5 Å². The molecule has 0 fully saturated rings. The zero-order valence-corrected chi connectivity index (χ0v) is 8.43. The average molecular weight is 241 g/mol. The van der Waals surface area contributed by atoms with Crippen LogP contribution in [-0.4, -0.2) is 11.5 Å². The summed E-state index contributed by atoms with van der Waals surface area (Å²) in [5.41, 5.74) is -0.000162. The number of hydrogen-bond acceptors (Lipinski definition) is 2. The van der Waals surface area contributed by atoms with E-state index in [4.69, 9.17) is 11.6 Å². The molecule has 0 saturated heterocycles. The molecule has 0 amide bonds. The molecule has 1 rings (SSSR count). The van der Waals surface area contributed by atoms with Crippen molar-refractivity contribution in [3.05, 3.63) is 28.8 Å². The Hall–Kier alpha value is -0.940. The average Bonchev–Trinajstić information content (AvgIpc) is 2.05. The highest BCUT2D eigenvalue weighted by Crippen LogP contribution is 2.32. The van der Waals surface area contributed by atoms with E-state index < -0.39 is 18.2 Å². The molecule has 6 heteroatoms. The summed E-state index contributed by atoms with van der Waals surface area (Å²) in [6, 6.07) is 3.56. The Morgan fingerprint density at radius 1 is 1.40 bits per heavy atom. The Morgan fingerprint density at radius 2 is 2.00 bits per heavy atom. The second-order valence-electron chi connectivity index (χ2n) is 2.91. The van der Waals surface area contributed by atoms with Crippen LogP contribution in [-0.2, 0) is 0 Å². The van der Waals surface area contributed by atoms with Crippen molar-refractivity contribution >= 4 is 11.6 Å². The van der Waals surface area contributed by atoms with Crippen molar-refractivity contribution in [1.29, 1.82) is 0 Å². The third-order valence-electron chi connectivity index (χ3n) is 1.65. The molecule has 0 radical (unpaired) electrons. The molecule has 0 spiro atoms. The van der Waals surface area contributed by atoms with E-state index in [9.17, 15) is 18.3 Å². The SMILES string of the molecule is CC(O)c1cc(Cl)ccc1OC(F)(F)F. The molecule has 84 valence electrons. The van der Waals surface area contributed by atoms with E-state index in [1.165, 1.54) is 19.1 Å². The normalized spacial score (nSPS) is 13.7. The fourth-order valence-electron chi connectivity index (χ4n) is 1.06. The lowest BCUT2D eigenvalue weighted by Crippen LogP contribution is -2.18. The number of rotatable bonds is 2. The highest BCUT2D eigenvalue weighted by atomic mass is 35.5. The number of benzene rings is 1. The minimum absolute atomic E-state index is 0.000162. The number of halogens is 4. The first-order valence-corrected chi connectivity index (χ1v) is 4.40. The number of alkyl halides is 3. The molecule has 0 aliphatic heterocycles. The number of aliphatic hydroxyl groups excluding tert-OH is 1. The molecule has 15 heavy (non-hydrogen) atoms. The van der Waals surface area contributed by atoms with E-state index in [1.807, 2.05) is 0 Å². The van der Waals surface area contributed by atoms with Gasteiger partial charge >= 0.3 is 6.36 Å². The molecule has 1 unspecified atom stereocenters. The Labute approximate surface area is 89.2 Å². The lowest BCUT2D eigenvalue weighted by Gasteiger charge is -2.14.